The Labute approximate surface area is 259 Å². The number of benzene rings is 7. The molecule has 1 N–H and O–H groups in total. The molecule has 9 aromatic rings. The van der Waals surface area contributed by atoms with Gasteiger partial charge in [0.25, 0.3) is 0 Å². The molecule has 2 heterocycles. The predicted octanol–water partition coefficient (Wildman–Crippen LogP) is 5.57. The Morgan fingerprint density at radius 2 is 1.09 bits per heavy atom. The van der Waals surface area contributed by atoms with Crippen LogP contribution in [0.15, 0.2) is 115 Å². The molecule has 8 radical (unpaired) electrons. The molecule has 7 aromatic carbocycles. The van der Waals surface area contributed by atoms with Gasteiger partial charge in [-0.25, -0.2) is 0 Å². The number of aromatic amines is 1. The zero-order chi connectivity index (χ0) is 29.7. The van der Waals surface area contributed by atoms with Crippen LogP contribution in [0.1, 0.15) is 0 Å². The lowest BCUT2D eigenvalue weighted by atomic mass is 9.64. The lowest BCUT2D eigenvalue weighted by Crippen LogP contribution is -2.46. The van der Waals surface area contributed by atoms with Crippen molar-refractivity contribution in [2.24, 2.45) is 0 Å². The molecular weight excluding hydrogens is 528 g/mol. The minimum Gasteiger partial charge on any atom is -0.354 e. The van der Waals surface area contributed by atoms with Gasteiger partial charge in [-0.2, -0.15) is 0 Å². The Hall–Kier alpha value is -5.08. The molecular formula is C38H20B4N2. The highest BCUT2D eigenvalue weighted by Crippen LogP contribution is 2.39. The van der Waals surface area contributed by atoms with Gasteiger partial charge in [0, 0.05) is 38.3 Å². The van der Waals surface area contributed by atoms with Crippen LogP contribution < -0.4 is 21.9 Å². The van der Waals surface area contributed by atoms with E-state index >= 15 is 0 Å². The lowest BCUT2D eigenvalue weighted by Gasteiger charge is -2.25. The molecule has 0 amide bonds. The molecule has 0 fully saturated rings. The Morgan fingerprint density at radius 3 is 1.86 bits per heavy atom. The third-order valence-electron chi connectivity index (χ3n) is 9.19. The van der Waals surface area contributed by atoms with Crippen molar-refractivity contribution in [2.45, 2.75) is 0 Å². The van der Waals surface area contributed by atoms with Gasteiger partial charge in [-0.1, -0.05) is 113 Å². The number of hydrogen-bond donors (Lipinski definition) is 1. The third kappa shape index (κ3) is 3.37. The van der Waals surface area contributed by atoms with Crippen LogP contribution in [0.3, 0.4) is 0 Å². The first-order chi connectivity index (χ1) is 21.5. The summed E-state index contributed by atoms with van der Waals surface area (Å²) in [5, 5.41) is 8.99. The maximum absolute atomic E-state index is 7.01. The topological polar surface area (TPSA) is 20.7 Å². The SMILES string of the molecule is [B]c1c([B])c(-n2c3cc4[nH]c5ccccc5c4cc3c3c4ccccc4ccc32)c([B])c([B])c1-c1cccc2ccccc12. The van der Waals surface area contributed by atoms with Crippen molar-refractivity contribution in [1.29, 1.82) is 0 Å². The molecule has 44 heavy (non-hydrogen) atoms. The fourth-order valence-corrected chi connectivity index (χ4v) is 7.16. The monoisotopic (exact) mass is 548 g/mol. The first-order valence-corrected chi connectivity index (χ1v) is 14.6. The average Bonchev–Trinajstić information content (AvgIpc) is 3.58. The molecule has 0 atom stereocenters. The fourth-order valence-electron chi connectivity index (χ4n) is 7.16. The van der Waals surface area contributed by atoms with E-state index < -0.39 is 0 Å². The molecule has 9 rings (SSSR count). The number of rotatable bonds is 2. The fraction of sp³-hybridized carbons (Fsp3) is 0. The Morgan fingerprint density at radius 1 is 0.455 bits per heavy atom. The first-order valence-electron chi connectivity index (χ1n) is 14.6. The molecule has 194 valence electrons. The predicted molar refractivity (Wildman–Crippen MR) is 192 cm³/mol. The molecule has 0 saturated heterocycles. The highest BCUT2D eigenvalue weighted by atomic mass is 15.0. The van der Waals surface area contributed by atoms with Gasteiger partial charge in [-0.15, -0.1) is 0 Å². The Bertz CT molecular complexity index is 2630. The standard InChI is InChI=1S/C38H20B4N2/c39-34-33(25-14-7-10-20-8-1-3-11-22(20)25)35(40)37(42)38(36(34)41)44-30-17-16-21-9-2-4-12-23(21)32(30)27-18-26-24-13-5-6-15-28(24)43-29(26)19-31(27)44/h1-19,43H. The van der Waals surface area contributed by atoms with Crippen molar-refractivity contribution in [2.75, 3.05) is 0 Å². The van der Waals surface area contributed by atoms with Crippen LogP contribution in [-0.4, -0.2) is 40.9 Å². The first kappa shape index (κ1) is 25.4. The van der Waals surface area contributed by atoms with Gasteiger partial charge in [0.1, 0.15) is 31.4 Å². The molecule has 0 bridgehead atoms. The van der Waals surface area contributed by atoms with Gasteiger partial charge in [0.15, 0.2) is 0 Å². The summed E-state index contributed by atoms with van der Waals surface area (Å²) in [5.74, 6) is 0. The molecule has 2 nitrogen and oxygen atoms in total. The van der Waals surface area contributed by atoms with Crippen molar-refractivity contribution in [3.63, 3.8) is 0 Å². The van der Waals surface area contributed by atoms with E-state index in [2.05, 4.69) is 94.5 Å². The number of hydrogen-bond acceptors (Lipinski definition) is 0. The molecule has 0 aliphatic carbocycles. The molecule has 6 heteroatoms. The van der Waals surface area contributed by atoms with Crippen LogP contribution in [0.25, 0.3) is 82.0 Å². The van der Waals surface area contributed by atoms with E-state index in [1.165, 1.54) is 5.39 Å². The summed E-state index contributed by atoms with van der Waals surface area (Å²) < 4.78 is 2.13. The minimum absolute atomic E-state index is 0.392. The molecule has 0 aliphatic rings. The normalized spacial score (nSPS) is 12.0. The largest absolute Gasteiger partial charge is 0.354 e. The van der Waals surface area contributed by atoms with Crippen LogP contribution in [-0.2, 0) is 0 Å². The van der Waals surface area contributed by atoms with Gasteiger partial charge in [-0.3, -0.25) is 0 Å². The van der Waals surface area contributed by atoms with E-state index in [-0.39, 0.29) is 0 Å². The second kappa shape index (κ2) is 9.21. The van der Waals surface area contributed by atoms with E-state index in [1.54, 1.807) is 0 Å². The third-order valence-corrected chi connectivity index (χ3v) is 9.19. The van der Waals surface area contributed by atoms with Gasteiger partial charge in [0.05, 0.1) is 11.0 Å². The van der Waals surface area contributed by atoms with Gasteiger partial charge in [0.2, 0.25) is 0 Å². The highest BCUT2D eigenvalue weighted by molar-refractivity contribution is 6.62. The maximum atomic E-state index is 7.01. The quantitative estimate of drug-likeness (QED) is 0.273. The summed E-state index contributed by atoms with van der Waals surface area (Å²) in [6.07, 6.45) is 0. The van der Waals surface area contributed by atoms with E-state index in [0.717, 1.165) is 65.3 Å². The van der Waals surface area contributed by atoms with Crippen molar-refractivity contribution in [1.82, 2.24) is 9.55 Å². The number of nitrogens with one attached hydrogen (secondary N) is 1. The molecule has 0 unspecified atom stereocenters. The van der Waals surface area contributed by atoms with E-state index in [1.807, 2.05) is 30.3 Å². The van der Waals surface area contributed by atoms with E-state index in [9.17, 15) is 0 Å². The number of aromatic nitrogens is 2. The summed E-state index contributed by atoms with van der Waals surface area (Å²) in [5.41, 5.74) is 7.80. The number of fused-ring (bicyclic) bond motifs is 9. The number of nitrogens with zero attached hydrogens (tertiary/aromatic N) is 1. The van der Waals surface area contributed by atoms with Crippen molar-refractivity contribution >= 4 is 118 Å². The molecule has 0 spiro atoms. The van der Waals surface area contributed by atoms with Crippen LogP contribution in [0.4, 0.5) is 0 Å². The van der Waals surface area contributed by atoms with Crippen molar-refractivity contribution in [3.05, 3.63) is 115 Å². The Kier molecular flexibility index (Phi) is 5.32. The zero-order valence-corrected chi connectivity index (χ0v) is 23.7. The van der Waals surface area contributed by atoms with Crippen LogP contribution in [0.2, 0.25) is 0 Å². The molecule has 2 aromatic heterocycles. The number of para-hydroxylation sites is 1. The van der Waals surface area contributed by atoms with Gasteiger partial charge in [-0.05, 0) is 56.9 Å². The second-order valence-corrected chi connectivity index (χ2v) is 11.5. The summed E-state index contributed by atoms with van der Waals surface area (Å²) in [6, 6.07) is 39.8. The van der Waals surface area contributed by atoms with Crippen LogP contribution in [0, 0.1) is 0 Å². The zero-order valence-electron chi connectivity index (χ0n) is 23.7. The van der Waals surface area contributed by atoms with Crippen molar-refractivity contribution in [3.8, 4) is 16.8 Å². The van der Waals surface area contributed by atoms with Crippen molar-refractivity contribution < 1.29 is 0 Å². The average molecular weight is 548 g/mol. The van der Waals surface area contributed by atoms with E-state index in [4.69, 9.17) is 31.4 Å². The summed E-state index contributed by atoms with van der Waals surface area (Å²) >= 11 is 0. The summed E-state index contributed by atoms with van der Waals surface area (Å²) in [4.78, 5) is 3.60. The maximum Gasteiger partial charge on any atom is 0.115 e. The van der Waals surface area contributed by atoms with Gasteiger partial charge >= 0.3 is 0 Å². The number of H-pyrrole nitrogens is 1. The molecule has 0 saturated carbocycles. The Balaban J connectivity index is 1.44. The van der Waals surface area contributed by atoms with Crippen LogP contribution >= 0.6 is 0 Å². The summed E-state index contributed by atoms with van der Waals surface area (Å²) in [6.45, 7) is 0. The second-order valence-electron chi connectivity index (χ2n) is 11.5. The minimum atomic E-state index is 0.392. The highest BCUT2D eigenvalue weighted by Gasteiger charge is 2.22. The summed E-state index contributed by atoms with van der Waals surface area (Å²) in [7, 11) is 27.9. The van der Waals surface area contributed by atoms with E-state index in [0.29, 0.717) is 33.1 Å². The smallest absolute Gasteiger partial charge is 0.115 e. The van der Waals surface area contributed by atoms with Crippen LogP contribution in [0.5, 0.6) is 0 Å². The van der Waals surface area contributed by atoms with Gasteiger partial charge < -0.3 is 9.55 Å². The molecule has 0 aliphatic heterocycles. The lowest BCUT2D eigenvalue weighted by molar-refractivity contribution is 1.21.